The Morgan fingerprint density at radius 3 is 2.50 bits per heavy atom. The van der Waals surface area contributed by atoms with E-state index in [2.05, 4.69) is 43.0 Å². The van der Waals surface area contributed by atoms with Gasteiger partial charge in [0.25, 0.3) is 5.91 Å². The Hall–Kier alpha value is -3.59. The molecule has 3 aromatic rings. The zero-order chi connectivity index (χ0) is 31.2. The van der Waals surface area contributed by atoms with Crippen molar-refractivity contribution in [2.45, 2.75) is 49.7 Å². The van der Waals surface area contributed by atoms with Crippen LogP contribution in [0.1, 0.15) is 48.3 Å². The minimum absolute atomic E-state index is 0.143. The Balaban J connectivity index is 1.25. The number of aromatic amines is 1. The molecule has 0 saturated carbocycles. The van der Waals surface area contributed by atoms with Crippen LogP contribution in [0.5, 0.6) is 0 Å². The topological polar surface area (TPSA) is 126 Å². The lowest BCUT2D eigenvalue weighted by molar-refractivity contribution is 0.102. The number of sulfonamides is 1. The van der Waals surface area contributed by atoms with Crippen LogP contribution in [-0.2, 0) is 22.1 Å². The normalized spacial score (nSPS) is 20.6. The fourth-order valence-corrected chi connectivity index (χ4v) is 8.03. The summed E-state index contributed by atoms with van der Waals surface area (Å²) in [7, 11) is -2.19. The summed E-state index contributed by atoms with van der Waals surface area (Å²) in [5.74, 6) is -2.16. The molecule has 6 rings (SSSR count). The van der Waals surface area contributed by atoms with Crippen molar-refractivity contribution in [3.63, 3.8) is 0 Å². The molecule has 2 fully saturated rings. The van der Waals surface area contributed by atoms with E-state index in [0.717, 1.165) is 67.7 Å². The van der Waals surface area contributed by atoms with E-state index in [9.17, 15) is 22.0 Å². The number of benzene rings is 2. The third kappa shape index (κ3) is 5.78. The lowest BCUT2D eigenvalue weighted by Crippen LogP contribution is -2.44. The maximum atomic E-state index is 13.9. The number of halogens is 2. The summed E-state index contributed by atoms with van der Waals surface area (Å²) in [4.78, 5) is 17.8. The number of fused-ring (bicyclic) bond motifs is 1. The number of rotatable bonds is 8. The first-order chi connectivity index (χ1) is 20.9. The SMILES string of the molecule is CN1CCN(c2ccc(C(=O)Nc3n[nH]c4c3CN(S(=O)(=O)c3cc(F)cc(F)c3)C4(C)C)c(NC[C@H]3CCCN3)c2)CC1. The average Bonchev–Trinajstić information content (AvgIpc) is 3.70. The summed E-state index contributed by atoms with van der Waals surface area (Å²) in [5.41, 5.74) is 2.03. The van der Waals surface area contributed by atoms with Crippen LogP contribution in [0.4, 0.5) is 26.0 Å². The number of hydrogen-bond acceptors (Lipinski definition) is 8. The molecular weight excluding hydrogens is 590 g/mol. The molecule has 11 nitrogen and oxygen atoms in total. The van der Waals surface area contributed by atoms with E-state index < -0.39 is 38.0 Å². The molecule has 4 heterocycles. The summed E-state index contributed by atoms with van der Waals surface area (Å²) >= 11 is 0. The van der Waals surface area contributed by atoms with Crippen LogP contribution in [0.2, 0.25) is 0 Å². The molecule has 0 aliphatic carbocycles. The molecule has 0 radical (unpaired) electrons. The summed E-state index contributed by atoms with van der Waals surface area (Å²) in [6, 6.07) is 8.30. The predicted octanol–water partition coefficient (Wildman–Crippen LogP) is 3.30. The van der Waals surface area contributed by atoms with Crippen molar-refractivity contribution in [2.75, 3.05) is 61.8 Å². The molecule has 4 N–H and O–H groups in total. The molecule has 236 valence electrons. The molecule has 0 unspecified atom stereocenters. The van der Waals surface area contributed by atoms with Gasteiger partial charge in [0.15, 0.2) is 5.82 Å². The molecule has 3 aliphatic rings. The molecule has 1 atom stereocenters. The van der Waals surface area contributed by atoms with Crippen molar-refractivity contribution >= 4 is 33.1 Å². The smallest absolute Gasteiger partial charge is 0.258 e. The van der Waals surface area contributed by atoms with Crippen molar-refractivity contribution in [2.24, 2.45) is 0 Å². The Bertz CT molecular complexity index is 1640. The highest BCUT2D eigenvalue weighted by atomic mass is 32.2. The molecule has 3 aliphatic heterocycles. The molecule has 2 saturated heterocycles. The first-order valence-corrected chi connectivity index (χ1v) is 16.3. The van der Waals surface area contributed by atoms with Crippen molar-refractivity contribution in [1.82, 2.24) is 24.7 Å². The highest BCUT2D eigenvalue weighted by molar-refractivity contribution is 7.89. The molecule has 1 amide bonds. The van der Waals surface area contributed by atoms with Crippen LogP contribution in [0, 0.1) is 11.6 Å². The van der Waals surface area contributed by atoms with Gasteiger partial charge in [-0.3, -0.25) is 9.89 Å². The van der Waals surface area contributed by atoms with Gasteiger partial charge in [-0.1, -0.05) is 0 Å². The lowest BCUT2D eigenvalue weighted by atomic mass is 10.0. The number of aromatic nitrogens is 2. The Morgan fingerprint density at radius 2 is 1.82 bits per heavy atom. The Morgan fingerprint density at radius 1 is 1.09 bits per heavy atom. The van der Waals surface area contributed by atoms with E-state index in [-0.39, 0.29) is 12.4 Å². The van der Waals surface area contributed by atoms with Gasteiger partial charge in [-0.25, -0.2) is 17.2 Å². The highest BCUT2D eigenvalue weighted by Gasteiger charge is 2.48. The third-order valence-electron chi connectivity index (χ3n) is 8.88. The number of amides is 1. The summed E-state index contributed by atoms with van der Waals surface area (Å²) in [6.45, 7) is 8.55. The summed E-state index contributed by atoms with van der Waals surface area (Å²) < 4.78 is 56.1. The van der Waals surface area contributed by atoms with Gasteiger partial charge >= 0.3 is 0 Å². The fraction of sp³-hybridized carbons (Fsp3) is 0.467. The van der Waals surface area contributed by atoms with Crippen molar-refractivity contribution < 1.29 is 22.0 Å². The Kier molecular flexibility index (Phi) is 8.11. The number of likely N-dealkylation sites (N-methyl/N-ethyl adjacent to an activating group) is 1. The monoisotopic (exact) mass is 628 g/mol. The molecule has 0 spiro atoms. The highest BCUT2D eigenvalue weighted by Crippen LogP contribution is 2.44. The first-order valence-electron chi connectivity index (χ1n) is 14.9. The quantitative estimate of drug-likeness (QED) is 0.300. The van der Waals surface area contributed by atoms with Crippen LogP contribution in [0.25, 0.3) is 0 Å². The van der Waals surface area contributed by atoms with E-state index >= 15 is 0 Å². The molecule has 1 aromatic heterocycles. The molecular formula is C30H38F2N8O3S. The van der Waals surface area contributed by atoms with Gasteiger partial charge in [0, 0.05) is 68.3 Å². The zero-order valence-corrected chi connectivity index (χ0v) is 25.9. The molecule has 2 aromatic carbocycles. The van der Waals surface area contributed by atoms with Crippen molar-refractivity contribution in [3.05, 3.63) is 64.9 Å². The third-order valence-corrected chi connectivity index (χ3v) is 10.9. The van der Waals surface area contributed by atoms with Crippen molar-refractivity contribution in [1.29, 1.82) is 0 Å². The number of nitrogens with one attached hydrogen (secondary N) is 4. The van der Waals surface area contributed by atoms with Crippen LogP contribution >= 0.6 is 0 Å². The van der Waals surface area contributed by atoms with Gasteiger partial charge in [-0.05, 0) is 70.6 Å². The van der Waals surface area contributed by atoms with Gasteiger partial charge < -0.3 is 25.8 Å². The largest absolute Gasteiger partial charge is 0.383 e. The Labute approximate surface area is 256 Å². The standard InChI is InChI=1S/C30H38F2N8O3S/c1-30(2)27-25(18-40(30)44(42,43)23-14-19(31)13-20(32)15-23)28(37-36-27)35-29(41)24-7-6-22(39-11-9-38(3)10-12-39)16-26(24)34-17-21-5-4-8-33-21/h6-7,13-16,21,33-34H,4-5,8-12,17-18H2,1-3H3,(H2,35,36,37,41)/t21-/m1/s1. The number of piperazine rings is 1. The minimum Gasteiger partial charge on any atom is -0.383 e. The molecule has 0 bridgehead atoms. The van der Waals surface area contributed by atoms with E-state index in [4.69, 9.17) is 0 Å². The van der Waals surface area contributed by atoms with E-state index in [1.54, 1.807) is 19.9 Å². The van der Waals surface area contributed by atoms with E-state index in [1.165, 1.54) is 0 Å². The van der Waals surface area contributed by atoms with Gasteiger partial charge in [0.2, 0.25) is 10.0 Å². The molecule has 14 heteroatoms. The fourth-order valence-electron chi connectivity index (χ4n) is 6.26. The average molecular weight is 629 g/mol. The van der Waals surface area contributed by atoms with Gasteiger partial charge in [-0.15, -0.1) is 0 Å². The predicted molar refractivity (Wildman–Crippen MR) is 164 cm³/mol. The van der Waals surface area contributed by atoms with Crippen LogP contribution in [0.15, 0.2) is 41.3 Å². The second-order valence-electron chi connectivity index (χ2n) is 12.3. The lowest BCUT2D eigenvalue weighted by Gasteiger charge is -2.34. The maximum absolute atomic E-state index is 13.9. The minimum atomic E-state index is -4.30. The van der Waals surface area contributed by atoms with Crippen LogP contribution in [-0.4, -0.2) is 86.1 Å². The second-order valence-corrected chi connectivity index (χ2v) is 14.1. The maximum Gasteiger partial charge on any atom is 0.258 e. The number of carbonyl (C=O) groups excluding carboxylic acids is 1. The first kappa shape index (κ1) is 30.4. The van der Waals surface area contributed by atoms with Crippen LogP contribution < -0.4 is 20.9 Å². The molecule has 44 heavy (non-hydrogen) atoms. The van der Waals surface area contributed by atoms with Gasteiger partial charge in [-0.2, -0.15) is 9.40 Å². The second kappa shape index (κ2) is 11.7. The van der Waals surface area contributed by atoms with Gasteiger partial charge in [0.1, 0.15) is 11.6 Å². The van der Waals surface area contributed by atoms with E-state index in [1.807, 2.05) is 12.1 Å². The number of hydrogen-bond donors (Lipinski definition) is 4. The number of nitrogens with zero attached hydrogens (tertiary/aromatic N) is 4. The van der Waals surface area contributed by atoms with E-state index in [0.29, 0.717) is 41.2 Å². The van der Waals surface area contributed by atoms with Crippen LogP contribution in [0.3, 0.4) is 0 Å². The zero-order valence-electron chi connectivity index (χ0n) is 25.1. The number of anilines is 3. The van der Waals surface area contributed by atoms with Crippen molar-refractivity contribution in [3.8, 4) is 0 Å². The summed E-state index contributed by atoms with van der Waals surface area (Å²) in [6.07, 6.45) is 2.17. The van der Waals surface area contributed by atoms with Gasteiger partial charge in [0.05, 0.1) is 21.7 Å². The number of H-pyrrole nitrogens is 1. The summed E-state index contributed by atoms with van der Waals surface area (Å²) in [5, 5.41) is 17.0. The number of carbonyl (C=O) groups is 1.